The Hall–Kier alpha value is -2.42. The van der Waals surface area contributed by atoms with E-state index in [1.165, 1.54) is 5.56 Å². The third-order valence-electron chi connectivity index (χ3n) is 4.88. The maximum atomic E-state index is 12.8. The first-order valence-corrected chi connectivity index (χ1v) is 10.2. The first-order chi connectivity index (χ1) is 13.4. The van der Waals surface area contributed by atoms with Gasteiger partial charge in [-0.3, -0.25) is 9.59 Å². The zero-order valence-corrected chi connectivity index (χ0v) is 17.4. The Balaban J connectivity index is 1.72. The first kappa shape index (κ1) is 20.3. The Labute approximate surface area is 176 Å². The SMILES string of the molecule is O=C(I)Nc1ccc(C[C@H](NC(=O)c2cccc3c2CCCC3)C(=O)O)cc1. The van der Waals surface area contributed by atoms with Crippen LogP contribution >= 0.6 is 22.6 Å². The predicted octanol–water partition coefficient (Wildman–Crippen LogP) is 3.96. The Bertz CT molecular complexity index is 896. The summed E-state index contributed by atoms with van der Waals surface area (Å²) in [5.74, 6) is -1.43. The Kier molecular flexibility index (Phi) is 6.66. The minimum Gasteiger partial charge on any atom is -0.480 e. The van der Waals surface area contributed by atoms with Crippen LogP contribution in [0.2, 0.25) is 0 Å². The van der Waals surface area contributed by atoms with Gasteiger partial charge >= 0.3 is 5.97 Å². The van der Waals surface area contributed by atoms with E-state index in [4.69, 9.17) is 0 Å². The van der Waals surface area contributed by atoms with E-state index in [2.05, 4.69) is 10.6 Å². The number of hydrogen-bond acceptors (Lipinski definition) is 3. The summed E-state index contributed by atoms with van der Waals surface area (Å²) >= 11 is 1.64. The molecule has 0 saturated heterocycles. The standard InChI is InChI=1S/C21H21IN2O4/c22-21(28)23-15-10-8-13(9-11-15)12-18(20(26)27)24-19(25)17-7-3-5-14-4-1-2-6-16(14)17/h3,5,7-11,18H,1-2,4,6,12H2,(H,23,28)(H,24,25)(H,26,27)/t18-/m0/s1. The second-order valence-electron chi connectivity index (χ2n) is 6.81. The minimum absolute atomic E-state index is 0.161. The molecule has 1 aliphatic carbocycles. The van der Waals surface area contributed by atoms with Crippen LogP contribution < -0.4 is 10.6 Å². The molecular formula is C21H21IN2O4. The maximum Gasteiger partial charge on any atom is 0.326 e. The number of aryl methyl sites for hydroxylation is 1. The van der Waals surface area contributed by atoms with Crippen LogP contribution in [0.15, 0.2) is 42.5 Å². The van der Waals surface area contributed by atoms with Crippen molar-refractivity contribution >= 4 is 44.1 Å². The van der Waals surface area contributed by atoms with E-state index in [1.807, 2.05) is 12.1 Å². The molecule has 6 nitrogen and oxygen atoms in total. The molecule has 0 unspecified atom stereocenters. The van der Waals surface area contributed by atoms with Crippen LogP contribution in [0.4, 0.5) is 10.5 Å². The van der Waals surface area contributed by atoms with Crippen molar-refractivity contribution in [2.24, 2.45) is 0 Å². The van der Waals surface area contributed by atoms with Gasteiger partial charge in [-0.25, -0.2) is 4.79 Å². The van der Waals surface area contributed by atoms with Crippen LogP contribution in [0.3, 0.4) is 0 Å². The van der Waals surface area contributed by atoms with E-state index in [0.29, 0.717) is 11.3 Å². The zero-order chi connectivity index (χ0) is 20.1. The molecule has 28 heavy (non-hydrogen) atoms. The highest BCUT2D eigenvalue weighted by atomic mass is 127. The van der Waals surface area contributed by atoms with E-state index in [-0.39, 0.29) is 16.2 Å². The Morgan fingerprint density at radius 3 is 2.43 bits per heavy atom. The highest BCUT2D eigenvalue weighted by Gasteiger charge is 2.24. The lowest BCUT2D eigenvalue weighted by molar-refractivity contribution is -0.139. The molecule has 2 amide bonds. The summed E-state index contributed by atoms with van der Waals surface area (Å²) in [7, 11) is 0. The third kappa shape index (κ3) is 5.09. The highest BCUT2D eigenvalue weighted by Crippen LogP contribution is 2.24. The van der Waals surface area contributed by atoms with E-state index >= 15 is 0 Å². The molecule has 1 atom stereocenters. The predicted molar refractivity (Wildman–Crippen MR) is 115 cm³/mol. The number of carboxylic acids is 1. The summed E-state index contributed by atoms with van der Waals surface area (Å²) in [4.78, 5) is 35.5. The lowest BCUT2D eigenvalue weighted by Crippen LogP contribution is -2.42. The summed E-state index contributed by atoms with van der Waals surface area (Å²) in [5.41, 5.74) is 4.18. The fourth-order valence-electron chi connectivity index (χ4n) is 3.50. The van der Waals surface area contributed by atoms with E-state index in [9.17, 15) is 19.5 Å². The lowest BCUT2D eigenvalue weighted by atomic mass is 9.88. The molecule has 0 heterocycles. The topological polar surface area (TPSA) is 95.5 Å². The molecule has 3 rings (SSSR count). The number of rotatable bonds is 6. The average Bonchev–Trinajstić information content (AvgIpc) is 2.68. The molecule has 2 aromatic carbocycles. The number of aliphatic carboxylic acids is 1. The fraction of sp³-hybridized carbons (Fsp3) is 0.286. The summed E-state index contributed by atoms with van der Waals surface area (Å²) in [6.07, 6.45) is 4.12. The Morgan fingerprint density at radius 2 is 1.75 bits per heavy atom. The summed E-state index contributed by atoms with van der Waals surface area (Å²) in [5, 5.41) is 14.9. The number of carbonyl (C=O) groups is 3. The molecule has 0 radical (unpaired) electrons. The zero-order valence-electron chi connectivity index (χ0n) is 15.2. The first-order valence-electron chi connectivity index (χ1n) is 9.14. The van der Waals surface area contributed by atoms with Crippen molar-refractivity contribution in [2.45, 2.75) is 38.1 Å². The molecule has 3 N–H and O–H groups in total. The number of carbonyl (C=O) groups excluding carboxylic acids is 2. The van der Waals surface area contributed by atoms with Gasteiger partial charge < -0.3 is 15.7 Å². The van der Waals surface area contributed by atoms with E-state index in [0.717, 1.165) is 36.8 Å². The van der Waals surface area contributed by atoms with Crippen molar-refractivity contribution < 1.29 is 19.5 Å². The number of amides is 2. The van der Waals surface area contributed by atoms with Crippen LogP contribution in [0, 0.1) is 0 Å². The van der Waals surface area contributed by atoms with E-state index < -0.39 is 12.0 Å². The second kappa shape index (κ2) is 9.18. The summed E-state index contributed by atoms with van der Waals surface area (Å²) in [6, 6.07) is 11.5. The fourth-order valence-corrected chi connectivity index (χ4v) is 3.81. The molecule has 1 aliphatic rings. The molecule has 2 aromatic rings. The second-order valence-corrected chi connectivity index (χ2v) is 7.79. The van der Waals surface area contributed by atoms with Gasteiger partial charge in [0.05, 0.1) is 0 Å². The number of nitrogens with one attached hydrogen (secondary N) is 2. The molecular weight excluding hydrogens is 471 g/mol. The van der Waals surface area contributed by atoms with Crippen LogP contribution in [-0.2, 0) is 24.1 Å². The van der Waals surface area contributed by atoms with Crippen molar-refractivity contribution in [1.29, 1.82) is 0 Å². The van der Waals surface area contributed by atoms with Gasteiger partial charge in [-0.15, -0.1) is 0 Å². The minimum atomic E-state index is -1.08. The van der Waals surface area contributed by atoms with Crippen molar-refractivity contribution in [3.05, 3.63) is 64.7 Å². The molecule has 146 valence electrons. The van der Waals surface area contributed by atoms with Crippen molar-refractivity contribution in [1.82, 2.24) is 5.32 Å². The molecule has 0 aliphatic heterocycles. The number of anilines is 1. The number of hydrogen-bond donors (Lipinski definition) is 3. The molecule has 0 saturated carbocycles. The van der Waals surface area contributed by atoms with Gasteiger partial charge in [0.1, 0.15) is 6.04 Å². The van der Waals surface area contributed by atoms with E-state index in [1.54, 1.807) is 52.9 Å². The monoisotopic (exact) mass is 492 g/mol. The summed E-state index contributed by atoms with van der Waals surface area (Å²) in [6.45, 7) is 0. The maximum absolute atomic E-state index is 12.8. The normalized spacial score (nSPS) is 13.9. The van der Waals surface area contributed by atoms with Crippen molar-refractivity contribution in [3.63, 3.8) is 0 Å². The number of fused-ring (bicyclic) bond motifs is 1. The van der Waals surface area contributed by atoms with Gasteiger partial charge in [0, 0.05) is 40.3 Å². The molecule has 0 bridgehead atoms. The smallest absolute Gasteiger partial charge is 0.326 e. The van der Waals surface area contributed by atoms with Crippen molar-refractivity contribution in [3.8, 4) is 0 Å². The van der Waals surface area contributed by atoms with Crippen LogP contribution in [-0.4, -0.2) is 26.9 Å². The Morgan fingerprint density at radius 1 is 1.04 bits per heavy atom. The molecule has 0 aromatic heterocycles. The van der Waals surface area contributed by atoms with Crippen LogP contribution in [0.1, 0.15) is 39.9 Å². The van der Waals surface area contributed by atoms with Gasteiger partial charge in [0.15, 0.2) is 0 Å². The van der Waals surface area contributed by atoms with Gasteiger partial charge in [-0.05, 0) is 60.6 Å². The van der Waals surface area contributed by atoms with Crippen LogP contribution in [0.25, 0.3) is 0 Å². The van der Waals surface area contributed by atoms with Gasteiger partial charge in [-0.1, -0.05) is 24.3 Å². The number of benzene rings is 2. The molecule has 7 heteroatoms. The van der Waals surface area contributed by atoms with Crippen molar-refractivity contribution in [2.75, 3.05) is 5.32 Å². The lowest BCUT2D eigenvalue weighted by Gasteiger charge is -2.20. The quantitative estimate of drug-likeness (QED) is 0.323. The number of halogens is 1. The average molecular weight is 492 g/mol. The van der Waals surface area contributed by atoms with Gasteiger partial charge in [0.25, 0.3) is 9.82 Å². The number of carboxylic acid groups (broad SMARTS) is 1. The summed E-state index contributed by atoms with van der Waals surface area (Å²) < 4.78 is -0.202. The van der Waals surface area contributed by atoms with Gasteiger partial charge in [0.2, 0.25) is 0 Å². The third-order valence-corrected chi connectivity index (χ3v) is 5.15. The largest absolute Gasteiger partial charge is 0.480 e. The van der Waals surface area contributed by atoms with Crippen LogP contribution in [0.5, 0.6) is 0 Å². The molecule has 0 spiro atoms. The highest BCUT2D eigenvalue weighted by molar-refractivity contribution is 14.1. The molecule has 0 fully saturated rings. The van der Waals surface area contributed by atoms with Gasteiger partial charge in [-0.2, -0.15) is 0 Å².